The van der Waals surface area contributed by atoms with E-state index in [1.165, 1.54) is 0 Å². The molecule has 3 rings (SSSR count). The number of hydrogen-bond acceptors (Lipinski definition) is 4. The Bertz CT molecular complexity index is 793. The van der Waals surface area contributed by atoms with E-state index in [0.29, 0.717) is 19.4 Å². The summed E-state index contributed by atoms with van der Waals surface area (Å²) < 4.78 is 17.3. The van der Waals surface area contributed by atoms with Crippen molar-refractivity contribution in [3.63, 3.8) is 0 Å². The molecule has 5 nitrogen and oxygen atoms in total. The van der Waals surface area contributed by atoms with Gasteiger partial charge in [0.2, 0.25) is 5.91 Å². The number of aryl methyl sites for hydroxylation is 1. The average molecular weight is 420 g/mol. The monoisotopic (exact) mass is 419 g/mol. The van der Waals surface area contributed by atoms with Gasteiger partial charge >= 0.3 is 0 Å². The van der Waals surface area contributed by atoms with E-state index >= 15 is 0 Å². The highest BCUT2D eigenvalue weighted by Crippen LogP contribution is 2.34. The zero-order chi connectivity index (χ0) is 18.5. The Balaban J connectivity index is 1.65. The van der Waals surface area contributed by atoms with E-state index in [1.807, 2.05) is 36.4 Å². The van der Waals surface area contributed by atoms with Gasteiger partial charge in [0, 0.05) is 22.9 Å². The van der Waals surface area contributed by atoms with Gasteiger partial charge in [0.25, 0.3) is 0 Å². The van der Waals surface area contributed by atoms with Crippen molar-refractivity contribution in [3.05, 3.63) is 52.0 Å². The SMILES string of the molecule is COc1ccc(OC)c(CCC(=O)NC2CCOc3ccc(Br)cc32)c1. The average Bonchev–Trinajstić information content (AvgIpc) is 2.66. The molecule has 1 heterocycles. The fourth-order valence-electron chi connectivity index (χ4n) is 3.11. The molecular weight excluding hydrogens is 398 g/mol. The second-order valence-electron chi connectivity index (χ2n) is 6.12. The van der Waals surface area contributed by atoms with Crippen molar-refractivity contribution in [3.8, 4) is 17.2 Å². The first-order valence-corrected chi connectivity index (χ1v) is 9.32. The van der Waals surface area contributed by atoms with Gasteiger partial charge in [-0.3, -0.25) is 4.79 Å². The van der Waals surface area contributed by atoms with E-state index in [-0.39, 0.29) is 11.9 Å². The van der Waals surface area contributed by atoms with Crippen LogP contribution < -0.4 is 19.5 Å². The van der Waals surface area contributed by atoms with E-state index in [0.717, 1.165) is 39.3 Å². The van der Waals surface area contributed by atoms with Crippen LogP contribution in [0.2, 0.25) is 0 Å². The third-order valence-corrected chi connectivity index (χ3v) is 4.95. The number of carbonyl (C=O) groups is 1. The first-order valence-electron chi connectivity index (χ1n) is 8.53. The number of ether oxygens (including phenoxy) is 3. The number of hydrogen-bond donors (Lipinski definition) is 1. The van der Waals surface area contributed by atoms with Crippen LogP contribution in [0.25, 0.3) is 0 Å². The normalized spacial score (nSPS) is 15.6. The van der Waals surface area contributed by atoms with Gasteiger partial charge in [0.05, 0.1) is 26.9 Å². The Morgan fingerprint density at radius 2 is 2.08 bits per heavy atom. The van der Waals surface area contributed by atoms with Crippen LogP contribution in [-0.2, 0) is 11.2 Å². The number of methoxy groups -OCH3 is 2. The molecule has 1 N–H and O–H groups in total. The largest absolute Gasteiger partial charge is 0.497 e. The molecule has 0 aromatic heterocycles. The van der Waals surface area contributed by atoms with Crippen LogP contribution >= 0.6 is 15.9 Å². The molecule has 0 bridgehead atoms. The maximum atomic E-state index is 12.5. The number of benzene rings is 2. The third kappa shape index (κ3) is 4.30. The molecule has 0 spiro atoms. The molecule has 1 atom stereocenters. The summed E-state index contributed by atoms with van der Waals surface area (Å²) in [4.78, 5) is 12.5. The Labute approximate surface area is 161 Å². The lowest BCUT2D eigenvalue weighted by Gasteiger charge is -2.27. The molecule has 0 radical (unpaired) electrons. The maximum absolute atomic E-state index is 12.5. The molecule has 1 unspecified atom stereocenters. The lowest BCUT2D eigenvalue weighted by molar-refractivity contribution is -0.122. The van der Waals surface area contributed by atoms with Gasteiger partial charge in [-0.2, -0.15) is 0 Å². The van der Waals surface area contributed by atoms with Gasteiger partial charge in [0.15, 0.2) is 0 Å². The van der Waals surface area contributed by atoms with E-state index in [9.17, 15) is 4.79 Å². The van der Waals surface area contributed by atoms with E-state index in [4.69, 9.17) is 14.2 Å². The van der Waals surface area contributed by atoms with Gasteiger partial charge in [-0.25, -0.2) is 0 Å². The number of fused-ring (bicyclic) bond motifs is 1. The number of carbonyl (C=O) groups excluding carboxylic acids is 1. The Kier molecular flexibility index (Phi) is 6.04. The number of halogens is 1. The zero-order valence-corrected chi connectivity index (χ0v) is 16.5. The molecule has 0 fully saturated rings. The minimum Gasteiger partial charge on any atom is -0.497 e. The second kappa shape index (κ2) is 8.45. The topological polar surface area (TPSA) is 56.8 Å². The van der Waals surface area contributed by atoms with Crippen molar-refractivity contribution in [1.82, 2.24) is 5.32 Å². The highest BCUT2D eigenvalue weighted by Gasteiger charge is 2.23. The van der Waals surface area contributed by atoms with Gasteiger partial charge in [-0.1, -0.05) is 15.9 Å². The molecule has 26 heavy (non-hydrogen) atoms. The second-order valence-corrected chi connectivity index (χ2v) is 7.03. The summed E-state index contributed by atoms with van der Waals surface area (Å²) in [7, 11) is 3.25. The summed E-state index contributed by atoms with van der Waals surface area (Å²) in [6.45, 7) is 0.600. The molecule has 138 valence electrons. The lowest BCUT2D eigenvalue weighted by Crippen LogP contribution is -2.32. The number of rotatable bonds is 6. The summed E-state index contributed by atoms with van der Waals surface area (Å²) >= 11 is 3.48. The molecule has 6 heteroatoms. The molecule has 0 saturated heterocycles. The molecule has 2 aromatic carbocycles. The van der Waals surface area contributed by atoms with E-state index in [1.54, 1.807) is 14.2 Å². The van der Waals surface area contributed by atoms with Gasteiger partial charge < -0.3 is 19.5 Å². The van der Waals surface area contributed by atoms with Gasteiger partial charge in [-0.05, 0) is 48.4 Å². The highest BCUT2D eigenvalue weighted by atomic mass is 79.9. The van der Waals surface area contributed by atoms with Gasteiger partial charge in [0.1, 0.15) is 17.2 Å². The summed E-state index contributed by atoms with van der Waals surface area (Å²) in [5.74, 6) is 2.36. The van der Waals surface area contributed by atoms with E-state index < -0.39 is 0 Å². The van der Waals surface area contributed by atoms with Crippen molar-refractivity contribution in [1.29, 1.82) is 0 Å². The summed E-state index contributed by atoms with van der Waals surface area (Å²) in [6.07, 6.45) is 1.72. The quantitative estimate of drug-likeness (QED) is 0.767. The third-order valence-electron chi connectivity index (χ3n) is 4.46. The molecule has 0 saturated carbocycles. The van der Waals surface area contributed by atoms with Crippen molar-refractivity contribution >= 4 is 21.8 Å². The smallest absolute Gasteiger partial charge is 0.220 e. The fraction of sp³-hybridized carbons (Fsp3) is 0.350. The molecule has 1 aliphatic heterocycles. The van der Waals surface area contributed by atoms with Crippen LogP contribution in [-0.4, -0.2) is 26.7 Å². The molecule has 0 aliphatic carbocycles. The van der Waals surface area contributed by atoms with E-state index in [2.05, 4.69) is 21.2 Å². The Hall–Kier alpha value is -2.21. The van der Waals surface area contributed by atoms with Crippen LogP contribution in [0.1, 0.15) is 30.0 Å². The fourth-order valence-corrected chi connectivity index (χ4v) is 3.49. The molecule has 1 aliphatic rings. The van der Waals surface area contributed by atoms with Crippen molar-refractivity contribution in [2.24, 2.45) is 0 Å². The highest BCUT2D eigenvalue weighted by molar-refractivity contribution is 9.10. The van der Waals surface area contributed by atoms with Crippen molar-refractivity contribution in [2.75, 3.05) is 20.8 Å². The predicted octanol–water partition coefficient (Wildman–Crippen LogP) is 4.04. The van der Waals surface area contributed by atoms with Crippen molar-refractivity contribution in [2.45, 2.75) is 25.3 Å². The van der Waals surface area contributed by atoms with Gasteiger partial charge in [-0.15, -0.1) is 0 Å². The Morgan fingerprint density at radius 3 is 2.85 bits per heavy atom. The predicted molar refractivity (Wildman–Crippen MR) is 103 cm³/mol. The molecular formula is C20H22BrNO4. The number of amides is 1. The van der Waals surface area contributed by atoms with Crippen LogP contribution in [0.5, 0.6) is 17.2 Å². The summed E-state index contributed by atoms with van der Waals surface area (Å²) in [5, 5.41) is 3.13. The zero-order valence-electron chi connectivity index (χ0n) is 14.9. The minimum atomic E-state index is -0.0315. The van der Waals surface area contributed by atoms with Crippen LogP contribution in [0.3, 0.4) is 0 Å². The summed E-state index contributed by atoms with van der Waals surface area (Å²) in [6, 6.07) is 11.5. The molecule has 1 amide bonds. The first kappa shape index (κ1) is 18.6. The van der Waals surface area contributed by atoms with Crippen LogP contribution in [0, 0.1) is 0 Å². The maximum Gasteiger partial charge on any atom is 0.220 e. The van der Waals surface area contributed by atoms with Crippen molar-refractivity contribution < 1.29 is 19.0 Å². The molecule has 2 aromatic rings. The minimum absolute atomic E-state index is 0.00713. The van der Waals surface area contributed by atoms with Crippen LogP contribution in [0.4, 0.5) is 0 Å². The van der Waals surface area contributed by atoms with Crippen LogP contribution in [0.15, 0.2) is 40.9 Å². The summed E-state index contributed by atoms with van der Waals surface area (Å²) in [5.41, 5.74) is 1.97. The Morgan fingerprint density at radius 1 is 1.23 bits per heavy atom. The standard InChI is InChI=1S/C20H22BrNO4/c1-24-15-5-7-18(25-2)13(11-15)3-8-20(23)22-17-9-10-26-19-6-4-14(21)12-16(17)19/h4-7,11-12,17H,3,8-10H2,1-2H3,(H,22,23). The lowest BCUT2D eigenvalue weighted by atomic mass is 10.00. The first-order chi connectivity index (χ1) is 12.6. The number of nitrogens with one attached hydrogen (secondary N) is 1.